The summed E-state index contributed by atoms with van der Waals surface area (Å²) < 4.78 is 71.5. The fourth-order valence-electron chi connectivity index (χ4n) is 3.01. The Morgan fingerprint density at radius 2 is 2.04 bits per heavy atom. The molecule has 0 amide bonds. The predicted octanol–water partition coefficient (Wildman–Crippen LogP) is 4.28. The molecule has 1 aliphatic rings. The molecule has 0 spiro atoms. The van der Waals surface area contributed by atoms with Crippen LogP contribution in [0.5, 0.6) is 0 Å². The Kier molecular flexibility index (Phi) is 6.25. The lowest BCUT2D eigenvalue weighted by molar-refractivity contribution is -0.137. The van der Waals surface area contributed by atoms with Crippen LogP contribution >= 0.6 is 11.3 Å². The number of rotatable bonds is 7. The number of benzene rings is 1. The first-order chi connectivity index (χ1) is 12.7. The quantitative estimate of drug-likeness (QED) is 0.673. The van der Waals surface area contributed by atoms with Crippen LogP contribution in [0, 0.1) is 0 Å². The lowest BCUT2D eigenvalue weighted by Gasteiger charge is -2.24. The number of alkyl halides is 3. The van der Waals surface area contributed by atoms with Gasteiger partial charge in [0.15, 0.2) is 0 Å². The number of hydrogen-bond donors (Lipinski definition) is 0. The van der Waals surface area contributed by atoms with Gasteiger partial charge in [0, 0.05) is 24.6 Å². The summed E-state index contributed by atoms with van der Waals surface area (Å²) in [6.07, 6.45) is -3.03. The third kappa shape index (κ3) is 5.54. The van der Waals surface area contributed by atoms with Gasteiger partial charge < -0.3 is 4.74 Å². The molecule has 2 aromatic rings. The fourth-order valence-corrected chi connectivity index (χ4v) is 5.32. The summed E-state index contributed by atoms with van der Waals surface area (Å²) in [5, 5.41) is 1.86. The van der Waals surface area contributed by atoms with Crippen LogP contribution < -0.4 is 0 Å². The molecule has 4 nitrogen and oxygen atoms in total. The lowest BCUT2D eigenvalue weighted by atomic mass is 10.1. The Bertz CT molecular complexity index is 845. The zero-order valence-corrected chi connectivity index (χ0v) is 16.1. The smallest absolute Gasteiger partial charge is 0.377 e. The van der Waals surface area contributed by atoms with E-state index >= 15 is 0 Å². The van der Waals surface area contributed by atoms with Crippen molar-refractivity contribution in [3.8, 4) is 0 Å². The van der Waals surface area contributed by atoms with Gasteiger partial charge in [-0.05, 0) is 35.9 Å². The Morgan fingerprint density at radius 1 is 1.22 bits per heavy atom. The third-order valence-corrected chi connectivity index (χ3v) is 6.96. The van der Waals surface area contributed by atoms with Gasteiger partial charge in [0.1, 0.15) is 0 Å². The van der Waals surface area contributed by atoms with Crippen LogP contribution in [0.3, 0.4) is 0 Å². The van der Waals surface area contributed by atoms with Crippen molar-refractivity contribution in [2.45, 2.75) is 37.4 Å². The van der Waals surface area contributed by atoms with Crippen molar-refractivity contribution in [3.05, 3.63) is 57.8 Å². The average molecular weight is 419 g/mol. The van der Waals surface area contributed by atoms with Crippen LogP contribution in [0.1, 0.15) is 28.8 Å². The molecule has 1 aromatic carbocycles. The first kappa shape index (κ1) is 20.3. The van der Waals surface area contributed by atoms with Crippen LogP contribution in [-0.2, 0) is 33.2 Å². The second-order valence-corrected chi connectivity index (χ2v) is 9.46. The van der Waals surface area contributed by atoms with E-state index in [1.807, 2.05) is 17.5 Å². The molecule has 0 radical (unpaired) electrons. The van der Waals surface area contributed by atoms with Crippen LogP contribution in [0.4, 0.5) is 13.2 Å². The molecule has 0 aliphatic carbocycles. The van der Waals surface area contributed by atoms with E-state index < -0.39 is 27.5 Å². The highest BCUT2D eigenvalue weighted by atomic mass is 32.2. The second kappa shape index (κ2) is 8.30. The standard InChI is InChI=1S/C18H20F3NO3S2/c19-18(20,21)15-5-1-4-14(10-15)13-27(23,24)22(11-16-6-2-8-25-16)12-17-7-3-9-26-17/h1,3-5,7,9-10,16H,2,6,8,11-13H2. The van der Waals surface area contributed by atoms with Crippen LogP contribution in [0.25, 0.3) is 0 Å². The predicted molar refractivity (Wildman–Crippen MR) is 97.8 cm³/mol. The second-order valence-electron chi connectivity index (χ2n) is 6.46. The molecular weight excluding hydrogens is 399 g/mol. The summed E-state index contributed by atoms with van der Waals surface area (Å²) in [6.45, 7) is 1.00. The molecule has 1 unspecified atom stereocenters. The monoisotopic (exact) mass is 419 g/mol. The van der Waals surface area contributed by atoms with Gasteiger partial charge >= 0.3 is 6.18 Å². The van der Waals surface area contributed by atoms with E-state index in [0.717, 1.165) is 29.9 Å². The SMILES string of the molecule is O=S(=O)(Cc1cccc(C(F)(F)F)c1)N(Cc1cccs1)CC1CCCO1. The zero-order chi connectivity index (χ0) is 19.5. The Balaban J connectivity index is 1.81. The van der Waals surface area contributed by atoms with Gasteiger partial charge in [0.2, 0.25) is 10.0 Å². The third-order valence-electron chi connectivity index (χ3n) is 4.34. The van der Waals surface area contributed by atoms with E-state index in [0.29, 0.717) is 6.61 Å². The van der Waals surface area contributed by atoms with Gasteiger partial charge in [0.05, 0.1) is 17.4 Å². The van der Waals surface area contributed by atoms with Crippen molar-refractivity contribution >= 4 is 21.4 Å². The summed E-state index contributed by atoms with van der Waals surface area (Å²) in [7, 11) is -3.81. The minimum absolute atomic E-state index is 0.119. The van der Waals surface area contributed by atoms with Gasteiger partial charge in [0.25, 0.3) is 0 Å². The number of nitrogens with zero attached hydrogens (tertiary/aromatic N) is 1. The summed E-state index contributed by atoms with van der Waals surface area (Å²) >= 11 is 1.44. The van der Waals surface area contributed by atoms with Crippen LogP contribution in [0.2, 0.25) is 0 Å². The molecule has 1 aromatic heterocycles. The van der Waals surface area contributed by atoms with Crippen molar-refractivity contribution in [1.29, 1.82) is 0 Å². The van der Waals surface area contributed by atoms with Gasteiger partial charge in [-0.1, -0.05) is 24.3 Å². The molecule has 9 heteroatoms. The molecule has 3 rings (SSSR count). The van der Waals surface area contributed by atoms with Crippen molar-refractivity contribution in [2.24, 2.45) is 0 Å². The van der Waals surface area contributed by atoms with Gasteiger partial charge in [-0.3, -0.25) is 0 Å². The molecule has 1 saturated heterocycles. The number of halogens is 3. The lowest BCUT2D eigenvalue weighted by Crippen LogP contribution is -2.37. The Labute approximate surface area is 160 Å². The van der Waals surface area contributed by atoms with E-state index in [1.165, 1.54) is 27.8 Å². The van der Waals surface area contributed by atoms with Crippen LogP contribution in [0.15, 0.2) is 41.8 Å². The van der Waals surface area contributed by atoms with Crippen molar-refractivity contribution in [1.82, 2.24) is 4.31 Å². The maximum atomic E-state index is 13.0. The Hall–Kier alpha value is -1.42. The largest absolute Gasteiger partial charge is 0.416 e. The Morgan fingerprint density at radius 3 is 2.67 bits per heavy atom. The van der Waals surface area contributed by atoms with E-state index in [9.17, 15) is 21.6 Å². The summed E-state index contributed by atoms with van der Waals surface area (Å²) in [6, 6.07) is 8.15. The molecule has 1 atom stereocenters. The summed E-state index contributed by atoms with van der Waals surface area (Å²) in [5.41, 5.74) is -0.729. The number of hydrogen-bond acceptors (Lipinski definition) is 4. The van der Waals surface area contributed by atoms with Gasteiger partial charge in [-0.2, -0.15) is 17.5 Å². The van der Waals surface area contributed by atoms with Gasteiger partial charge in [-0.25, -0.2) is 8.42 Å². The maximum Gasteiger partial charge on any atom is 0.416 e. The molecule has 0 N–H and O–H groups in total. The van der Waals surface area contributed by atoms with E-state index in [2.05, 4.69) is 0 Å². The fraction of sp³-hybridized carbons (Fsp3) is 0.444. The number of ether oxygens (including phenoxy) is 1. The number of sulfonamides is 1. The topological polar surface area (TPSA) is 46.6 Å². The molecule has 0 bridgehead atoms. The van der Waals surface area contributed by atoms with E-state index in [1.54, 1.807) is 0 Å². The molecule has 0 saturated carbocycles. The van der Waals surface area contributed by atoms with Crippen molar-refractivity contribution in [3.63, 3.8) is 0 Å². The minimum Gasteiger partial charge on any atom is -0.377 e. The molecule has 2 heterocycles. The molecule has 1 fully saturated rings. The summed E-state index contributed by atoms with van der Waals surface area (Å²) in [4.78, 5) is 0.876. The first-order valence-corrected chi connectivity index (χ1v) is 11.0. The average Bonchev–Trinajstić information content (AvgIpc) is 3.27. The molecule has 148 valence electrons. The summed E-state index contributed by atoms with van der Waals surface area (Å²) in [5.74, 6) is -0.477. The van der Waals surface area contributed by atoms with Gasteiger partial charge in [-0.15, -0.1) is 11.3 Å². The van der Waals surface area contributed by atoms with Crippen LogP contribution in [-0.4, -0.2) is 32.0 Å². The van der Waals surface area contributed by atoms with E-state index in [-0.39, 0.29) is 24.8 Å². The maximum absolute atomic E-state index is 13.0. The zero-order valence-electron chi connectivity index (χ0n) is 14.5. The minimum atomic E-state index is -4.51. The highest BCUT2D eigenvalue weighted by molar-refractivity contribution is 7.88. The van der Waals surface area contributed by atoms with Crippen molar-refractivity contribution < 1.29 is 26.3 Å². The molecule has 27 heavy (non-hydrogen) atoms. The highest BCUT2D eigenvalue weighted by Gasteiger charge is 2.32. The first-order valence-electron chi connectivity index (χ1n) is 8.52. The normalized spacial score (nSPS) is 18.3. The molecular formula is C18H20F3NO3S2. The van der Waals surface area contributed by atoms with Crippen molar-refractivity contribution in [2.75, 3.05) is 13.2 Å². The number of thiophene rings is 1. The van der Waals surface area contributed by atoms with E-state index in [4.69, 9.17) is 4.74 Å². The highest BCUT2D eigenvalue weighted by Crippen LogP contribution is 2.30. The molecule has 1 aliphatic heterocycles.